The van der Waals surface area contributed by atoms with Crippen LogP contribution in [0.3, 0.4) is 0 Å². The Balaban J connectivity index is 1.48. The monoisotopic (exact) mass is 338 g/mol. The number of aromatic carboxylic acids is 1. The SMILES string of the molecule is CN(Cc1cccc(C(=O)O)c1)CC1CCN(Cc2ccccc2)C1. The average Bonchev–Trinajstić information content (AvgIpc) is 3.02. The predicted molar refractivity (Wildman–Crippen MR) is 99.6 cm³/mol. The minimum Gasteiger partial charge on any atom is -0.478 e. The zero-order chi connectivity index (χ0) is 17.6. The minimum absolute atomic E-state index is 0.362. The highest BCUT2D eigenvalue weighted by Gasteiger charge is 2.23. The largest absolute Gasteiger partial charge is 0.478 e. The topological polar surface area (TPSA) is 43.8 Å². The summed E-state index contributed by atoms with van der Waals surface area (Å²) in [5, 5.41) is 9.10. The Morgan fingerprint density at radius 1 is 1.16 bits per heavy atom. The van der Waals surface area contributed by atoms with Crippen LogP contribution < -0.4 is 0 Å². The Morgan fingerprint density at radius 2 is 1.92 bits per heavy atom. The molecule has 132 valence electrons. The molecule has 2 aromatic carbocycles. The molecule has 1 aliphatic heterocycles. The lowest BCUT2D eigenvalue weighted by Crippen LogP contribution is -2.28. The number of carbonyl (C=O) groups is 1. The molecule has 1 fully saturated rings. The summed E-state index contributed by atoms with van der Waals surface area (Å²) in [5.74, 6) is -0.187. The second-order valence-electron chi connectivity index (χ2n) is 7.08. The van der Waals surface area contributed by atoms with Gasteiger partial charge in [0, 0.05) is 26.2 Å². The summed E-state index contributed by atoms with van der Waals surface area (Å²) in [6.45, 7) is 5.15. The molecule has 25 heavy (non-hydrogen) atoms. The predicted octanol–water partition coefficient (Wildman–Crippen LogP) is 3.34. The summed E-state index contributed by atoms with van der Waals surface area (Å²) in [7, 11) is 2.12. The van der Waals surface area contributed by atoms with Gasteiger partial charge in [0.25, 0.3) is 0 Å². The molecular weight excluding hydrogens is 312 g/mol. The van der Waals surface area contributed by atoms with Gasteiger partial charge in [-0.2, -0.15) is 0 Å². The van der Waals surface area contributed by atoms with Gasteiger partial charge in [-0.25, -0.2) is 4.79 Å². The third kappa shape index (κ3) is 5.15. The quantitative estimate of drug-likeness (QED) is 0.841. The molecule has 0 spiro atoms. The van der Waals surface area contributed by atoms with Crippen LogP contribution in [0.15, 0.2) is 54.6 Å². The fourth-order valence-electron chi connectivity index (χ4n) is 3.67. The summed E-state index contributed by atoms with van der Waals surface area (Å²) in [6.07, 6.45) is 1.23. The van der Waals surface area contributed by atoms with Crippen molar-refractivity contribution in [1.82, 2.24) is 9.80 Å². The van der Waals surface area contributed by atoms with E-state index in [1.54, 1.807) is 12.1 Å². The fraction of sp³-hybridized carbons (Fsp3) is 0.381. The molecule has 1 atom stereocenters. The van der Waals surface area contributed by atoms with Crippen molar-refractivity contribution in [2.75, 3.05) is 26.7 Å². The summed E-state index contributed by atoms with van der Waals surface area (Å²) >= 11 is 0. The number of hydrogen-bond acceptors (Lipinski definition) is 3. The van der Waals surface area contributed by atoms with E-state index in [1.165, 1.54) is 12.0 Å². The number of rotatable bonds is 7. The highest BCUT2D eigenvalue weighted by atomic mass is 16.4. The molecule has 1 heterocycles. The van der Waals surface area contributed by atoms with Crippen LogP contribution in [0.4, 0.5) is 0 Å². The number of nitrogens with zero attached hydrogens (tertiary/aromatic N) is 2. The van der Waals surface area contributed by atoms with Gasteiger partial charge in [-0.3, -0.25) is 4.90 Å². The number of carboxylic acid groups (broad SMARTS) is 1. The Morgan fingerprint density at radius 3 is 2.68 bits per heavy atom. The summed E-state index contributed by atoms with van der Waals surface area (Å²) in [5.41, 5.74) is 2.80. The summed E-state index contributed by atoms with van der Waals surface area (Å²) < 4.78 is 0. The Bertz CT molecular complexity index is 702. The van der Waals surface area contributed by atoms with Crippen LogP contribution in [0.2, 0.25) is 0 Å². The van der Waals surface area contributed by atoms with Gasteiger partial charge in [-0.05, 0) is 49.2 Å². The Kier molecular flexibility index (Phi) is 5.84. The molecule has 1 unspecified atom stereocenters. The van der Waals surface area contributed by atoms with Gasteiger partial charge in [0.05, 0.1) is 5.56 Å². The number of benzene rings is 2. The first-order valence-corrected chi connectivity index (χ1v) is 8.87. The molecular formula is C21H26N2O2. The smallest absolute Gasteiger partial charge is 0.335 e. The zero-order valence-corrected chi connectivity index (χ0v) is 14.8. The maximum atomic E-state index is 11.1. The Labute approximate surface area is 149 Å². The molecule has 1 N–H and O–H groups in total. The van der Waals surface area contributed by atoms with Gasteiger partial charge >= 0.3 is 5.97 Å². The van der Waals surface area contributed by atoms with Gasteiger partial charge in [-0.15, -0.1) is 0 Å². The van der Waals surface area contributed by atoms with Crippen LogP contribution >= 0.6 is 0 Å². The third-order valence-corrected chi connectivity index (χ3v) is 4.82. The van der Waals surface area contributed by atoms with E-state index in [2.05, 4.69) is 47.2 Å². The van der Waals surface area contributed by atoms with Crippen LogP contribution in [0.25, 0.3) is 0 Å². The number of likely N-dealkylation sites (tertiary alicyclic amines) is 1. The molecule has 4 nitrogen and oxygen atoms in total. The highest BCUT2D eigenvalue weighted by Crippen LogP contribution is 2.20. The normalized spacial score (nSPS) is 17.9. The molecule has 0 bridgehead atoms. The molecule has 0 aliphatic carbocycles. The standard InChI is InChI=1S/C21H26N2O2/c1-22(13-18-8-5-9-20(12-18)21(24)25)14-19-10-11-23(16-19)15-17-6-3-2-4-7-17/h2-9,12,19H,10-11,13-16H2,1H3,(H,24,25). The van der Waals surface area contributed by atoms with E-state index in [9.17, 15) is 4.79 Å². The number of carboxylic acids is 1. The molecule has 0 aromatic heterocycles. The van der Waals surface area contributed by atoms with Crippen molar-refractivity contribution >= 4 is 5.97 Å². The summed E-state index contributed by atoms with van der Waals surface area (Å²) in [6, 6.07) is 17.9. The van der Waals surface area contributed by atoms with Crippen molar-refractivity contribution in [2.24, 2.45) is 5.92 Å². The molecule has 1 aliphatic rings. The van der Waals surface area contributed by atoms with Crippen molar-refractivity contribution in [3.8, 4) is 0 Å². The van der Waals surface area contributed by atoms with E-state index >= 15 is 0 Å². The van der Waals surface area contributed by atoms with E-state index in [4.69, 9.17) is 5.11 Å². The minimum atomic E-state index is -0.864. The molecule has 2 aromatic rings. The van der Waals surface area contributed by atoms with Crippen LogP contribution in [0.1, 0.15) is 27.9 Å². The second-order valence-corrected chi connectivity index (χ2v) is 7.08. The van der Waals surface area contributed by atoms with Gasteiger partial charge < -0.3 is 10.0 Å². The summed E-state index contributed by atoms with van der Waals surface area (Å²) in [4.78, 5) is 15.9. The zero-order valence-electron chi connectivity index (χ0n) is 14.8. The van der Waals surface area contributed by atoms with E-state index in [1.807, 2.05) is 12.1 Å². The van der Waals surface area contributed by atoms with Crippen molar-refractivity contribution < 1.29 is 9.90 Å². The van der Waals surface area contributed by atoms with Crippen molar-refractivity contribution in [3.63, 3.8) is 0 Å². The van der Waals surface area contributed by atoms with Crippen molar-refractivity contribution in [3.05, 3.63) is 71.3 Å². The van der Waals surface area contributed by atoms with Crippen LogP contribution in [0.5, 0.6) is 0 Å². The molecule has 0 saturated carbocycles. The van der Waals surface area contributed by atoms with Crippen LogP contribution in [-0.2, 0) is 13.1 Å². The molecule has 0 amide bonds. The highest BCUT2D eigenvalue weighted by molar-refractivity contribution is 5.87. The molecule has 1 saturated heterocycles. The maximum absolute atomic E-state index is 11.1. The van der Waals surface area contributed by atoms with Crippen molar-refractivity contribution in [2.45, 2.75) is 19.5 Å². The van der Waals surface area contributed by atoms with Crippen LogP contribution in [-0.4, -0.2) is 47.6 Å². The molecule has 3 rings (SSSR count). The van der Waals surface area contributed by atoms with Gasteiger partial charge in [0.1, 0.15) is 0 Å². The van der Waals surface area contributed by atoms with Gasteiger partial charge in [0.15, 0.2) is 0 Å². The molecule has 4 heteroatoms. The van der Waals surface area contributed by atoms with E-state index in [-0.39, 0.29) is 0 Å². The molecule has 0 radical (unpaired) electrons. The first kappa shape index (κ1) is 17.6. The van der Waals surface area contributed by atoms with Gasteiger partial charge in [-0.1, -0.05) is 42.5 Å². The lowest BCUT2D eigenvalue weighted by Gasteiger charge is -2.22. The third-order valence-electron chi connectivity index (χ3n) is 4.82. The lowest BCUT2D eigenvalue weighted by atomic mass is 10.1. The number of hydrogen-bond donors (Lipinski definition) is 1. The Hall–Kier alpha value is -2.17. The van der Waals surface area contributed by atoms with Crippen LogP contribution in [0, 0.1) is 5.92 Å². The van der Waals surface area contributed by atoms with E-state index in [0.29, 0.717) is 11.5 Å². The first-order valence-electron chi connectivity index (χ1n) is 8.87. The first-order chi connectivity index (χ1) is 12.1. The maximum Gasteiger partial charge on any atom is 0.335 e. The fourth-order valence-corrected chi connectivity index (χ4v) is 3.67. The van der Waals surface area contributed by atoms with Gasteiger partial charge in [0.2, 0.25) is 0 Å². The second kappa shape index (κ2) is 8.28. The van der Waals surface area contributed by atoms with E-state index < -0.39 is 5.97 Å². The average molecular weight is 338 g/mol. The lowest BCUT2D eigenvalue weighted by molar-refractivity contribution is 0.0696. The van der Waals surface area contributed by atoms with Crippen molar-refractivity contribution in [1.29, 1.82) is 0 Å². The van der Waals surface area contributed by atoms with E-state index in [0.717, 1.165) is 38.3 Å².